The summed E-state index contributed by atoms with van der Waals surface area (Å²) in [6.07, 6.45) is 0. The van der Waals surface area contributed by atoms with Crippen molar-refractivity contribution < 1.29 is 14.3 Å². The predicted octanol–water partition coefficient (Wildman–Crippen LogP) is 4.77. The summed E-state index contributed by atoms with van der Waals surface area (Å²) in [4.78, 5) is 17.8. The number of nitrogens with zero attached hydrogens (tertiary/aromatic N) is 2. The number of benzene rings is 2. The number of hydrogen-bond donors (Lipinski definition) is 1. The number of nitrogens with one attached hydrogen (secondary N) is 1. The van der Waals surface area contributed by atoms with Gasteiger partial charge in [-0.2, -0.15) is 5.26 Å². The van der Waals surface area contributed by atoms with Crippen LogP contribution in [0.25, 0.3) is 0 Å². The van der Waals surface area contributed by atoms with E-state index in [1.54, 1.807) is 18.2 Å². The van der Waals surface area contributed by atoms with Crippen molar-refractivity contribution in [3.05, 3.63) is 77.0 Å². The summed E-state index contributed by atoms with van der Waals surface area (Å²) in [7, 11) is 0. The topological polar surface area (TPSA) is 84.2 Å². The van der Waals surface area contributed by atoms with Crippen LogP contribution in [0.1, 0.15) is 27.6 Å². The van der Waals surface area contributed by atoms with E-state index in [0.717, 1.165) is 16.8 Å². The van der Waals surface area contributed by atoms with E-state index in [0.29, 0.717) is 27.8 Å². The summed E-state index contributed by atoms with van der Waals surface area (Å²) in [5.41, 5.74) is 3.57. The fourth-order valence-electron chi connectivity index (χ4n) is 3.22. The number of rotatable bonds is 5. The molecule has 0 unspecified atom stereocenters. The zero-order chi connectivity index (χ0) is 21.1. The summed E-state index contributed by atoms with van der Waals surface area (Å²) >= 11 is 1.27. The highest BCUT2D eigenvalue weighted by Crippen LogP contribution is 2.39. The number of carbonyl (C=O) groups excluding carboxylic acids is 1. The van der Waals surface area contributed by atoms with Crippen molar-refractivity contribution in [2.45, 2.75) is 24.1 Å². The molecule has 1 aliphatic rings. The number of ether oxygens (including phenoxy) is 2. The molecule has 2 aromatic carbocycles. The summed E-state index contributed by atoms with van der Waals surface area (Å²) in [6, 6.07) is 18.8. The highest BCUT2D eigenvalue weighted by Gasteiger charge is 2.25. The van der Waals surface area contributed by atoms with Gasteiger partial charge in [0.25, 0.3) is 0 Å². The first kappa shape index (κ1) is 19.8. The van der Waals surface area contributed by atoms with Gasteiger partial charge in [0.15, 0.2) is 11.5 Å². The van der Waals surface area contributed by atoms with Crippen molar-refractivity contribution >= 4 is 23.4 Å². The Hall–Kier alpha value is -3.50. The Morgan fingerprint density at radius 1 is 1.13 bits per heavy atom. The van der Waals surface area contributed by atoms with Crippen LogP contribution in [0.2, 0.25) is 0 Å². The molecule has 1 aromatic heterocycles. The van der Waals surface area contributed by atoms with Crippen molar-refractivity contribution in [3.8, 4) is 17.6 Å². The second kappa shape index (κ2) is 8.47. The van der Waals surface area contributed by atoms with Gasteiger partial charge in [-0.3, -0.25) is 4.79 Å². The molecule has 6 nitrogen and oxygen atoms in total. The lowest BCUT2D eigenvalue weighted by Gasteiger charge is -2.18. The summed E-state index contributed by atoms with van der Waals surface area (Å²) in [6.45, 7) is 3.93. The zero-order valence-corrected chi connectivity index (χ0v) is 17.3. The second-order valence-corrected chi connectivity index (χ2v) is 7.93. The maximum Gasteiger partial charge on any atom is 0.242 e. The Bertz CT molecular complexity index is 1140. The number of hydrogen-bond acceptors (Lipinski definition) is 6. The summed E-state index contributed by atoms with van der Waals surface area (Å²) < 4.78 is 10.7. The van der Waals surface area contributed by atoms with E-state index in [-0.39, 0.29) is 12.7 Å². The molecule has 1 aliphatic heterocycles. The molecular weight excluding hydrogens is 398 g/mol. The van der Waals surface area contributed by atoms with Crippen LogP contribution in [0.15, 0.2) is 59.6 Å². The van der Waals surface area contributed by atoms with Gasteiger partial charge < -0.3 is 14.8 Å². The molecule has 0 fully saturated rings. The fraction of sp³-hybridized carbons (Fsp3) is 0.174. The number of carbonyl (C=O) groups is 1. The zero-order valence-electron chi connectivity index (χ0n) is 16.5. The minimum atomic E-state index is -0.586. The Balaban J connectivity index is 1.66. The Labute approximate surface area is 178 Å². The Morgan fingerprint density at radius 2 is 1.90 bits per heavy atom. The third-order valence-electron chi connectivity index (χ3n) is 4.63. The maximum atomic E-state index is 13.3. The highest BCUT2D eigenvalue weighted by atomic mass is 32.2. The first-order valence-corrected chi connectivity index (χ1v) is 10.2. The third-order valence-corrected chi connectivity index (χ3v) is 5.87. The molecule has 1 atom stereocenters. The van der Waals surface area contributed by atoms with Gasteiger partial charge in [0, 0.05) is 17.4 Å². The van der Waals surface area contributed by atoms with Gasteiger partial charge in [0.2, 0.25) is 12.7 Å². The van der Waals surface area contributed by atoms with Gasteiger partial charge >= 0.3 is 0 Å². The van der Waals surface area contributed by atoms with Crippen LogP contribution in [0.5, 0.6) is 11.5 Å². The summed E-state index contributed by atoms with van der Waals surface area (Å²) in [5, 5.41) is 12.5. The van der Waals surface area contributed by atoms with Crippen molar-refractivity contribution in [1.29, 1.82) is 5.26 Å². The molecule has 0 aliphatic carbocycles. The largest absolute Gasteiger partial charge is 0.454 e. The lowest BCUT2D eigenvalue weighted by Crippen LogP contribution is -2.19. The van der Waals surface area contributed by atoms with E-state index in [9.17, 15) is 10.1 Å². The van der Waals surface area contributed by atoms with Gasteiger partial charge in [0.1, 0.15) is 16.3 Å². The fourth-order valence-corrected chi connectivity index (χ4v) is 4.42. The van der Waals surface area contributed by atoms with Crippen molar-refractivity contribution in [2.75, 3.05) is 12.1 Å². The Kier molecular flexibility index (Phi) is 5.59. The second-order valence-electron chi connectivity index (χ2n) is 6.84. The number of pyridine rings is 1. The molecule has 1 N–H and O–H groups in total. The number of amides is 1. The average Bonchev–Trinajstić information content (AvgIpc) is 3.20. The predicted molar refractivity (Wildman–Crippen MR) is 115 cm³/mol. The highest BCUT2D eigenvalue weighted by molar-refractivity contribution is 8.00. The number of nitriles is 1. The molecule has 2 heterocycles. The number of aromatic nitrogens is 1. The van der Waals surface area contributed by atoms with Crippen LogP contribution < -0.4 is 14.8 Å². The molecule has 0 saturated carbocycles. The molecule has 7 heteroatoms. The minimum absolute atomic E-state index is 0.171. The third kappa shape index (κ3) is 4.09. The average molecular weight is 417 g/mol. The molecule has 3 aromatic rings. The van der Waals surface area contributed by atoms with Gasteiger partial charge in [-0.15, -0.1) is 0 Å². The van der Waals surface area contributed by atoms with Crippen LogP contribution in [-0.2, 0) is 4.79 Å². The molecule has 30 heavy (non-hydrogen) atoms. The molecule has 0 spiro atoms. The van der Waals surface area contributed by atoms with Crippen LogP contribution in [0.3, 0.4) is 0 Å². The molecule has 0 radical (unpaired) electrons. The number of aryl methyl sites for hydroxylation is 2. The molecule has 0 saturated heterocycles. The van der Waals surface area contributed by atoms with E-state index >= 15 is 0 Å². The Morgan fingerprint density at radius 3 is 2.67 bits per heavy atom. The van der Waals surface area contributed by atoms with E-state index < -0.39 is 5.25 Å². The van der Waals surface area contributed by atoms with Crippen molar-refractivity contribution in [2.24, 2.45) is 0 Å². The number of thioether (sulfide) groups is 1. The number of anilines is 1. The van der Waals surface area contributed by atoms with Gasteiger partial charge in [-0.25, -0.2) is 4.98 Å². The van der Waals surface area contributed by atoms with Crippen LogP contribution in [-0.4, -0.2) is 17.7 Å². The molecular formula is C23H19N3O3S. The molecule has 4 rings (SSSR count). The monoisotopic (exact) mass is 417 g/mol. The van der Waals surface area contributed by atoms with Crippen LogP contribution in [0, 0.1) is 25.2 Å². The summed E-state index contributed by atoms with van der Waals surface area (Å²) in [5.74, 6) is 1.04. The number of fused-ring (bicyclic) bond motifs is 1. The normalized spacial score (nSPS) is 12.8. The van der Waals surface area contributed by atoms with E-state index in [2.05, 4.69) is 16.4 Å². The van der Waals surface area contributed by atoms with E-state index in [4.69, 9.17) is 9.47 Å². The first-order chi connectivity index (χ1) is 14.5. The van der Waals surface area contributed by atoms with Crippen molar-refractivity contribution in [1.82, 2.24) is 4.98 Å². The smallest absolute Gasteiger partial charge is 0.242 e. The lowest BCUT2D eigenvalue weighted by atomic mass is 10.1. The van der Waals surface area contributed by atoms with Crippen LogP contribution >= 0.6 is 11.8 Å². The van der Waals surface area contributed by atoms with Gasteiger partial charge in [0.05, 0.1) is 5.56 Å². The van der Waals surface area contributed by atoms with E-state index in [1.807, 2.05) is 50.2 Å². The quantitative estimate of drug-likeness (QED) is 0.602. The minimum Gasteiger partial charge on any atom is -0.454 e. The molecule has 150 valence electrons. The SMILES string of the molecule is Cc1cc(C)c(C#N)c(S[C@@H](C(=O)Nc2ccc3c(c2)OCO3)c2ccccc2)n1. The standard InChI is InChI=1S/C23H19N3O3S/c1-14-10-15(2)25-23(18(14)12-24)30-21(16-6-4-3-5-7-16)22(27)26-17-8-9-19-20(11-17)29-13-28-19/h3-11,21H,13H2,1-2H3,(H,26,27)/t21-/m1/s1. The van der Waals surface area contributed by atoms with Crippen LogP contribution in [0.4, 0.5) is 5.69 Å². The lowest BCUT2D eigenvalue weighted by molar-refractivity contribution is -0.115. The van der Waals surface area contributed by atoms with Gasteiger partial charge in [-0.05, 0) is 43.2 Å². The van der Waals surface area contributed by atoms with Gasteiger partial charge in [-0.1, -0.05) is 42.1 Å². The van der Waals surface area contributed by atoms with E-state index in [1.165, 1.54) is 11.8 Å². The first-order valence-electron chi connectivity index (χ1n) is 9.35. The maximum absolute atomic E-state index is 13.3. The molecule has 0 bridgehead atoms. The van der Waals surface area contributed by atoms with Crippen molar-refractivity contribution in [3.63, 3.8) is 0 Å². The molecule has 1 amide bonds.